The minimum atomic E-state index is -3.93. The number of aliphatic carboxylic acids is 1. The fourth-order valence-corrected chi connectivity index (χ4v) is 4.27. The van der Waals surface area contributed by atoms with E-state index in [0.29, 0.717) is 5.75 Å². The van der Waals surface area contributed by atoms with Gasteiger partial charge in [-0.3, -0.25) is 9.59 Å². The molecule has 0 aromatic carbocycles. The number of rotatable bonds is 5. The maximum Gasteiger partial charge on any atom is 0.322 e. The molecule has 1 atom stereocenters. The molecule has 0 bridgehead atoms. The van der Waals surface area contributed by atoms with Crippen LogP contribution >= 0.6 is 11.8 Å². The van der Waals surface area contributed by atoms with Crippen LogP contribution in [0.5, 0.6) is 0 Å². The summed E-state index contributed by atoms with van der Waals surface area (Å²) in [5, 5.41) is 8.97. The van der Waals surface area contributed by atoms with E-state index in [1.54, 1.807) is 6.92 Å². The second-order valence-corrected chi connectivity index (χ2v) is 6.67. The summed E-state index contributed by atoms with van der Waals surface area (Å²) >= 11 is 1.38. The van der Waals surface area contributed by atoms with Crippen LogP contribution in [0.1, 0.15) is 6.92 Å². The molecule has 1 rings (SSSR count). The van der Waals surface area contributed by atoms with Crippen molar-refractivity contribution in [1.29, 1.82) is 0 Å². The van der Waals surface area contributed by atoms with Crippen molar-refractivity contribution in [3.63, 3.8) is 0 Å². The average Bonchev–Trinajstić information content (AvgIpc) is 2.28. The molecule has 1 aliphatic rings. The Morgan fingerprint density at radius 2 is 2.17 bits per heavy atom. The fraction of sp³-hybridized carbons (Fsp3) is 0.778. The highest BCUT2D eigenvalue weighted by molar-refractivity contribution is 7.99. The monoisotopic (exact) mass is 297 g/mol. The van der Waals surface area contributed by atoms with E-state index in [2.05, 4.69) is 4.74 Å². The van der Waals surface area contributed by atoms with Gasteiger partial charge in [0, 0.05) is 18.1 Å². The molecule has 1 fully saturated rings. The zero-order valence-electron chi connectivity index (χ0n) is 9.87. The van der Waals surface area contributed by atoms with Gasteiger partial charge in [-0.15, -0.1) is 0 Å². The highest BCUT2D eigenvalue weighted by Crippen LogP contribution is 2.20. The number of hydrogen-bond donors (Lipinski definition) is 1. The first-order valence-electron chi connectivity index (χ1n) is 5.34. The summed E-state index contributed by atoms with van der Waals surface area (Å²) in [6, 6.07) is -1.11. The van der Waals surface area contributed by atoms with Crippen LogP contribution in [-0.2, 0) is 24.3 Å². The Balaban J connectivity index is 2.81. The highest BCUT2D eigenvalue weighted by Gasteiger charge is 2.38. The first kappa shape index (κ1) is 15.3. The Bertz CT molecular complexity index is 421. The van der Waals surface area contributed by atoms with Gasteiger partial charge in [-0.25, -0.2) is 8.42 Å². The van der Waals surface area contributed by atoms with Crippen LogP contribution in [0.2, 0.25) is 0 Å². The number of ether oxygens (including phenoxy) is 1. The fourth-order valence-electron chi connectivity index (χ4n) is 1.55. The molecule has 7 nitrogen and oxygen atoms in total. The van der Waals surface area contributed by atoms with E-state index in [4.69, 9.17) is 5.11 Å². The van der Waals surface area contributed by atoms with E-state index >= 15 is 0 Å². The van der Waals surface area contributed by atoms with Crippen LogP contribution in [0.25, 0.3) is 0 Å². The molecule has 104 valence electrons. The third kappa shape index (κ3) is 3.85. The van der Waals surface area contributed by atoms with Crippen molar-refractivity contribution in [2.75, 3.05) is 30.4 Å². The first-order valence-corrected chi connectivity index (χ1v) is 8.10. The van der Waals surface area contributed by atoms with Gasteiger partial charge in [-0.1, -0.05) is 0 Å². The topological polar surface area (TPSA) is 101 Å². The second kappa shape index (κ2) is 6.39. The molecule has 1 N–H and O–H groups in total. The van der Waals surface area contributed by atoms with Gasteiger partial charge >= 0.3 is 11.9 Å². The molecule has 0 radical (unpaired) electrons. The minimum Gasteiger partial charge on any atom is -0.480 e. The number of esters is 1. The van der Waals surface area contributed by atoms with Crippen molar-refractivity contribution < 1.29 is 27.9 Å². The predicted molar refractivity (Wildman–Crippen MR) is 65.9 cm³/mol. The van der Waals surface area contributed by atoms with Gasteiger partial charge in [-0.05, 0) is 6.92 Å². The van der Waals surface area contributed by atoms with E-state index in [1.165, 1.54) is 11.8 Å². The Morgan fingerprint density at radius 1 is 1.50 bits per heavy atom. The molecular formula is C9H15NO6S2. The van der Waals surface area contributed by atoms with Crippen LogP contribution in [0.4, 0.5) is 0 Å². The number of hydrogen-bond acceptors (Lipinski definition) is 6. The lowest BCUT2D eigenvalue weighted by molar-refractivity contribution is -0.142. The second-order valence-electron chi connectivity index (χ2n) is 3.60. The average molecular weight is 297 g/mol. The summed E-state index contributed by atoms with van der Waals surface area (Å²) in [7, 11) is -3.93. The van der Waals surface area contributed by atoms with Crippen LogP contribution in [0.3, 0.4) is 0 Å². The molecule has 1 aliphatic heterocycles. The molecule has 0 saturated carbocycles. The van der Waals surface area contributed by atoms with Gasteiger partial charge < -0.3 is 9.84 Å². The molecule has 0 spiro atoms. The van der Waals surface area contributed by atoms with Crippen molar-refractivity contribution in [2.45, 2.75) is 13.0 Å². The predicted octanol–water partition coefficient (Wildman–Crippen LogP) is -0.619. The molecule has 1 unspecified atom stereocenters. The molecule has 0 amide bonds. The van der Waals surface area contributed by atoms with E-state index in [-0.39, 0.29) is 18.9 Å². The first-order chi connectivity index (χ1) is 8.38. The van der Waals surface area contributed by atoms with Gasteiger partial charge in [0.05, 0.1) is 6.61 Å². The summed E-state index contributed by atoms with van der Waals surface area (Å²) in [5.74, 6) is -2.16. The van der Waals surface area contributed by atoms with E-state index in [9.17, 15) is 18.0 Å². The molecule has 0 aliphatic carbocycles. The molecule has 1 saturated heterocycles. The minimum absolute atomic E-state index is 0.0898. The SMILES string of the molecule is CCOC(=O)CS(=O)(=O)N1CCSCC1C(=O)O. The quantitative estimate of drug-likeness (QED) is 0.675. The largest absolute Gasteiger partial charge is 0.480 e. The zero-order chi connectivity index (χ0) is 13.8. The number of carboxylic acids is 1. The van der Waals surface area contributed by atoms with Crippen LogP contribution in [0, 0.1) is 0 Å². The number of carbonyl (C=O) groups excluding carboxylic acids is 1. The maximum atomic E-state index is 11.9. The standard InChI is InChI=1S/C9H15NO6S2/c1-2-16-8(11)6-18(14,15)10-3-4-17-5-7(10)9(12)13/h7H,2-6H2,1H3,(H,12,13). The zero-order valence-corrected chi connectivity index (χ0v) is 11.5. The van der Waals surface area contributed by atoms with E-state index in [0.717, 1.165) is 4.31 Å². The number of nitrogens with zero attached hydrogens (tertiary/aromatic N) is 1. The van der Waals surface area contributed by atoms with Crippen molar-refractivity contribution >= 4 is 33.7 Å². The lowest BCUT2D eigenvalue weighted by Gasteiger charge is -2.31. The number of thioether (sulfide) groups is 1. The van der Waals surface area contributed by atoms with Gasteiger partial charge in [-0.2, -0.15) is 16.1 Å². The number of carbonyl (C=O) groups is 2. The Hall–Kier alpha value is -0.800. The highest BCUT2D eigenvalue weighted by atomic mass is 32.2. The third-order valence-corrected chi connectivity index (χ3v) is 5.10. The summed E-state index contributed by atoms with van der Waals surface area (Å²) < 4.78 is 29.3. The summed E-state index contributed by atoms with van der Waals surface area (Å²) in [6.07, 6.45) is 0. The van der Waals surface area contributed by atoms with Crippen molar-refractivity contribution in [2.24, 2.45) is 0 Å². The number of sulfonamides is 1. The van der Waals surface area contributed by atoms with Gasteiger partial charge in [0.15, 0.2) is 5.75 Å². The third-order valence-electron chi connectivity index (χ3n) is 2.33. The summed E-state index contributed by atoms with van der Waals surface area (Å²) in [5.41, 5.74) is 0. The van der Waals surface area contributed by atoms with Crippen molar-refractivity contribution in [3.05, 3.63) is 0 Å². The van der Waals surface area contributed by atoms with Crippen LogP contribution in [-0.4, -0.2) is 66.2 Å². The normalized spacial score (nSPS) is 21.5. The summed E-state index contributed by atoms with van der Waals surface area (Å²) in [6.45, 7) is 1.76. The van der Waals surface area contributed by atoms with Gasteiger partial charge in [0.2, 0.25) is 10.0 Å². The maximum absolute atomic E-state index is 11.9. The van der Waals surface area contributed by atoms with Crippen LogP contribution < -0.4 is 0 Å². The Labute approximate surface area is 110 Å². The molecule has 0 aromatic heterocycles. The van der Waals surface area contributed by atoms with Crippen molar-refractivity contribution in [1.82, 2.24) is 4.31 Å². The molecule has 0 aromatic rings. The number of carboxylic acid groups (broad SMARTS) is 1. The molecular weight excluding hydrogens is 282 g/mol. The molecule has 1 heterocycles. The Kier molecular flexibility index (Phi) is 5.42. The molecule has 9 heteroatoms. The lowest BCUT2D eigenvalue weighted by atomic mass is 10.3. The summed E-state index contributed by atoms with van der Waals surface area (Å²) in [4.78, 5) is 22.2. The van der Waals surface area contributed by atoms with Crippen molar-refractivity contribution in [3.8, 4) is 0 Å². The lowest BCUT2D eigenvalue weighted by Crippen LogP contribution is -2.51. The van der Waals surface area contributed by atoms with Gasteiger partial charge in [0.25, 0.3) is 0 Å². The molecule has 18 heavy (non-hydrogen) atoms. The van der Waals surface area contributed by atoms with E-state index in [1.807, 2.05) is 0 Å². The van der Waals surface area contributed by atoms with E-state index < -0.39 is 33.8 Å². The van der Waals surface area contributed by atoms with Gasteiger partial charge in [0.1, 0.15) is 6.04 Å². The van der Waals surface area contributed by atoms with Crippen LogP contribution in [0.15, 0.2) is 0 Å². The Morgan fingerprint density at radius 3 is 2.72 bits per heavy atom. The smallest absolute Gasteiger partial charge is 0.322 e.